The fraction of sp³-hybridized carbons (Fsp3) is 0.163. The van der Waals surface area contributed by atoms with Gasteiger partial charge in [0.05, 0.1) is 18.0 Å². The van der Waals surface area contributed by atoms with Gasteiger partial charge in [0.1, 0.15) is 0 Å². The van der Waals surface area contributed by atoms with Crippen molar-refractivity contribution in [2.75, 3.05) is 4.90 Å². The summed E-state index contributed by atoms with van der Waals surface area (Å²) in [7, 11) is 0. The molecule has 0 saturated carbocycles. The third kappa shape index (κ3) is 5.42. The van der Waals surface area contributed by atoms with Crippen molar-refractivity contribution in [3.05, 3.63) is 181 Å². The number of fused-ring (bicyclic) bond motifs is 3. The van der Waals surface area contributed by atoms with Gasteiger partial charge in [0.25, 0.3) is 0 Å². The first-order valence-electron chi connectivity index (χ1n) is 18.4. The molecule has 0 N–H and O–H groups in total. The molecular formula is C49H40N2. The normalized spacial score (nSPS) is 21.5. The van der Waals surface area contributed by atoms with E-state index in [0.29, 0.717) is 11.8 Å². The lowest BCUT2D eigenvalue weighted by Gasteiger charge is -2.38. The molecule has 5 aromatic carbocycles. The number of nitrogens with zero attached hydrogens (tertiary/aromatic N) is 2. The van der Waals surface area contributed by atoms with Gasteiger partial charge in [0.15, 0.2) is 0 Å². The van der Waals surface area contributed by atoms with Crippen molar-refractivity contribution >= 4 is 22.1 Å². The molecule has 0 bridgehead atoms. The highest BCUT2D eigenvalue weighted by Crippen LogP contribution is 2.50. The maximum atomic E-state index is 10.2. The number of nitriles is 1. The van der Waals surface area contributed by atoms with Gasteiger partial charge in [-0.3, -0.25) is 0 Å². The molecule has 4 atom stereocenters. The molecule has 0 heterocycles. The molecule has 2 heteroatoms. The number of allylic oxidation sites excluding steroid dienone is 10. The second-order valence-electron chi connectivity index (χ2n) is 14.1. The quantitative estimate of drug-likeness (QED) is 0.171. The van der Waals surface area contributed by atoms with E-state index in [2.05, 4.69) is 182 Å². The summed E-state index contributed by atoms with van der Waals surface area (Å²) >= 11 is 0. The van der Waals surface area contributed by atoms with E-state index < -0.39 is 0 Å². The summed E-state index contributed by atoms with van der Waals surface area (Å²) in [5.41, 5.74) is 13.8. The number of hydrogen-bond donors (Lipinski definition) is 0. The Labute approximate surface area is 301 Å². The lowest BCUT2D eigenvalue weighted by Crippen LogP contribution is -2.33. The van der Waals surface area contributed by atoms with Crippen LogP contribution in [0, 0.1) is 29.1 Å². The van der Waals surface area contributed by atoms with Crippen molar-refractivity contribution in [1.29, 1.82) is 5.26 Å². The van der Waals surface area contributed by atoms with Crippen molar-refractivity contribution in [1.82, 2.24) is 0 Å². The predicted molar refractivity (Wildman–Crippen MR) is 213 cm³/mol. The van der Waals surface area contributed by atoms with Gasteiger partial charge < -0.3 is 4.90 Å². The van der Waals surface area contributed by atoms with Gasteiger partial charge in [0.2, 0.25) is 0 Å². The summed E-state index contributed by atoms with van der Waals surface area (Å²) in [6.07, 6.45) is 23.1. The zero-order chi connectivity index (χ0) is 34.3. The largest absolute Gasteiger partial charge is 0.334 e. The minimum absolute atomic E-state index is 0.0583. The summed E-state index contributed by atoms with van der Waals surface area (Å²) in [5.74, 6) is 0.598. The van der Waals surface area contributed by atoms with Gasteiger partial charge >= 0.3 is 0 Å². The number of rotatable bonds is 7. The standard InChI is InChI=1S/C49H40N2/c1-2-33-14-6-8-20-41(33)36-28-37(42-21-9-7-15-35(42)32-50)31-40(30-36)51(38-17-4-3-5-18-38)39-19-12-16-34(29-39)43-26-27-48-45-23-11-10-22-44(45)47-25-13-24-46(43)49(47)48/h3-14,16-30,33,35,40-41H,2,15,31H2,1H3. The first-order chi connectivity index (χ1) is 25.2. The summed E-state index contributed by atoms with van der Waals surface area (Å²) in [4.78, 5) is 2.52. The minimum atomic E-state index is -0.131. The van der Waals surface area contributed by atoms with Crippen molar-refractivity contribution in [2.24, 2.45) is 17.8 Å². The lowest BCUT2D eigenvalue weighted by molar-refractivity contribution is 0.513. The first-order valence-corrected chi connectivity index (χ1v) is 18.4. The van der Waals surface area contributed by atoms with Gasteiger partial charge in [-0.05, 0) is 110 Å². The van der Waals surface area contributed by atoms with E-state index in [1.54, 1.807) is 0 Å². The molecule has 0 aromatic heterocycles. The highest BCUT2D eigenvalue weighted by atomic mass is 15.2. The number of benzene rings is 5. The Bertz CT molecular complexity index is 2360. The molecule has 5 aromatic rings. The predicted octanol–water partition coefficient (Wildman–Crippen LogP) is 12.7. The summed E-state index contributed by atoms with van der Waals surface area (Å²) in [6.45, 7) is 2.29. The topological polar surface area (TPSA) is 27.0 Å². The van der Waals surface area contributed by atoms with Crippen LogP contribution in [0.4, 0.5) is 11.4 Å². The molecule has 0 saturated heterocycles. The Morgan fingerprint density at radius 1 is 0.725 bits per heavy atom. The zero-order valence-corrected chi connectivity index (χ0v) is 28.9. The van der Waals surface area contributed by atoms with E-state index in [1.807, 2.05) is 0 Å². The van der Waals surface area contributed by atoms with Crippen molar-refractivity contribution in [2.45, 2.75) is 32.2 Å². The second kappa shape index (κ2) is 13.1. The van der Waals surface area contributed by atoms with Gasteiger partial charge in [-0.1, -0.05) is 147 Å². The van der Waals surface area contributed by atoms with Crippen LogP contribution < -0.4 is 4.90 Å². The lowest BCUT2D eigenvalue weighted by atomic mass is 9.75. The number of hydrogen-bond acceptors (Lipinski definition) is 2. The molecule has 4 aliphatic carbocycles. The van der Waals surface area contributed by atoms with Crippen molar-refractivity contribution in [3.63, 3.8) is 0 Å². The Kier molecular flexibility index (Phi) is 7.98. The average molecular weight is 657 g/mol. The van der Waals surface area contributed by atoms with Gasteiger partial charge in [0, 0.05) is 17.3 Å². The maximum absolute atomic E-state index is 10.2. The molecule has 2 nitrogen and oxygen atoms in total. The van der Waals surface area contributed by atoms with Crippen LogP contribution in [0.15, 0.2) is 181 Å². The Morgan fingerprint density at radius 3 is 2.27 bits per heavy atom. The third-order valence-electron chi connectivity index (χ3n) is 11.3. The Morgan fingerprint density at radius 2 is 1.45 bits per heavy atom. The number of anilines is 2. The van der Waals surface area contributed by atoms with E-state index >= 15 is 0 Å². The summed E-state index contributed by atoms with van der Waals surface area (Å²) < 4.78 is 0. The average Bonchev–Trinajstić information content (AvgIpc) is 3.53. The molecule has 0 spiro atoms. The SMILES string of the molecule is CCC1C=CC=CC1C1=CC(N(c2ccccc2)c2cccc(-c3ccc4c5c(cccc35)-c3ccccc3-4)c2)CC(C2=CC=CCC2C#N)=C1. The molecule has 4 aliphatic rings. The third-order valence-corrected chi connectivity index (χ3v) is 11.3. The van der Waals surface area contributed by atoms with Crippen LogP contribution in [0.1, 0.15) is 26.2 Å². The molecule has 9 rings (SSSR count). The van der Waals surface area contributed by atoms with E-state index in [9.17, 15) is 5.26 Å². The van der Waals surface area contributed by atoms with Crippen LogP contribution in [0.25, 0.3) is 44.2 Å². The van der Waals surface area contributed by atoms with Crippen LogP contribution in [-0.2, 0) is 0 Å². The fourth-order valence-corrected chi connectivity index (χ4v) is 8.88. The monoisotopic (exact) mass is 656 g/mol. The van der Waals surface area contributed by atoms with E-state index in [4.69, 9.17) is 0 Å². The molecule has 0 radical (unpaired) electrons. The van der Waals surface area contributed by atoms with Crippen molar-refractivity contribution < 1.29 is 0 Å². The molecule has 0 fully saturated rings. The van der Waals surface area contributed by atoms with Crippen LogP contribution >= 0.6 is 0 Å². The first kappa shape index (κ1) is 31.1. The summed E-state index contributed by atoms with van der Waals surface area (Å²) in [5, 5.41) is 12.9. The molecule has 0 amide bonds. The van der Waals surface area contributed by atoms with E-state index in [1.165, 1.54) is 55.3 Å². The Balaban J connectivity index is 1.18. The molecule has 0 aliphatic heterocycles. The summed E-state index contributed by atoms with van der Waals surface area (Å²) in [6, 6.07) is 42.8. The second-order valence-corrected chi connectivity index (χ2v) is 14.1. The number of para-hydroxylation sites is 1. The van der Waals surface area contributed by atoms with Gasteiger partial charge in [-0.25, -0.2) is 0 Å². The van der Waals surface area contributed by atoms with Gasteiger partial charge in [-0.2, -0.15) is 5.26 Å². The highest BCUT2D eigenvalue weighted by molar-refractivity contribution is 6.18. The highest BCUT2D eigenvalue weighted by Gasteiger charge is 2.31. The van der Waals surface area contributed by atoms with Crippen LogP contribution in [-0.4, -0.2) is 6.04 Å². The van der Waals surface area contributed by atoms with Crippen LogP contribution in [0.5, 0.6) is 0 Å². The van der Waals surface area contributed by atoms with Crippen molar-refractivity contribution in [3.8, 4) is 39.4 Å². The van der Waals surface area contributed by atoms with E-state index in [-0.39, 0.29) is 12.0 Å². The molecule has 4 unspecified atom stereocenters. The zero-order valence-electron chi connectivity index (χ0n) is 28.9. The smallest absolute Gasteiger partial charge is 0.0749 e. The van der Waals surface area contributed by atoms with Gasteiger partial charge in [-0.15, -0.1) is 0 Å². The van der Waals surface area contributed by atoms with E-state index in [0.717, 1.165) is 36.2 Å². The van der Waals surface area contributed by atoms with Crippen LogP contribution in [0.3, 0.4) is 0 Å². The fourth-order valence-electron chi connectivity index (χ4n) is 8.88. The maximum Gasteiger partial charge on any atom is 0.0749 e. The molecule has 51 heavy (non-hydrogen) atoms. The Hall–Kier alpha value is -5.91. The molecule has 246 valence electrons. The minimum Gasteiger partial charge on any atom is -0.334 e. The van der Waals surface area contributed by atoms with Crippen LogP contribution in [0.2, 0.25) is 0 Å². The molecular weight excluding hydrogens is 617 g/mol.